The van der Waals surface area contributed by atoms with Crippen LogP contribution in [-0.4, -0.2) is 5.78 Å². The third-order valence-corrected chi connectivity index (χ3v) is 3.16. The van der Waals surface area contributed by atoms with Gasteiger partial charge in [0.15, 0.2) is 0 Å². The Kier molecular flexibility index (Phi) is 2.03. The van der Waals surface area contributed by atoms with Crippen molar-refractivity contribution in [2.45, 2.75) is 25.2 Å². The zero-order valence-corrected chi connectivity index (χ0v) is 8.42. The van der Waals surface area contributed by atoms with Gasteiger partial charge in [-0.05, 0) is 18.9 Å². The van der Waals surface area contributed by atoms with Gasteiger partial charge in [0.05, 0.1) is 5.41 Å². The molecule has 0 aliphatic heterocycles. The molecule has 72 valence electrons. The standard InChI is InChI=1S/C13H14O/c1-3-13(9-8-12(13)14)11-6-4-10(2)5-7-11/h3-7H,1,8-9H2,2H3/t13-/m0/s1. The lowest BCUT2D eigenvalue weighted by molar-refractivity contribution is -0.129. The van der Waals surface area contributed by atoms with E-state index in [0.29, 0.717) is 12.2 Å². The highest BCUT2D eigenvalue weighted by Gasteiger charge is 2.44. The van der Waals surface area contributed by atoms with Gasteiger partial charge in [0, 0.05) is 6.42 Å². The molecule has 1 atom stereocenters. The number of carbonyl (C=O) groups excluding carboxylic acids is 1. The number of aryl methyl sites for hydroxylation is 1. The predicted molar refractivity (Wildman–Crippen MR) is 57.3 cm³/mol. The van der Waals surface area contributed by atoms with Crippen molar-refractivity contribution in [3.8, 4) is 0 Å². The Morgan fingerprint density at radius 3 is 2.36 bits per heavy atom. The van der Waals surface area contributed by atoms with Gasteiger partial charge in [-0.15, -0.1) is 6.58 Å². The molecule has 0 radical (unpaired) electrons. The fourth-order valence-corrected chi connectivity index (χ4v) is 1.99. The van der Waals surface area contributed by atoms with E-state index in [1.54, 1.807) is 6.08 Å². The van der Waals surface area contributed by atoms with Crippen molar-refractivity contribution in [2.75, 3.05) is 0 Å². The summed E-state index contributed by atoms with van der Waals surface area (Å²) < 4.78 is 0. The number of Topliss-reactive ketones (excluding diaryl/α,β-unsaturated/α-hetero) is 1. The van der Waals surface area contributed by atoms with E-state index in [9.17, 15) is 4.79 Å². The highest BCUT2D eigenvalue weighted by Crippen LogP contribution is 2.41. The van der Waals surface area contributed by atoms with Crippen molar-refractivity contribution in [3.63, 3.8) is 0 Å². The maximum atomic E-state index is 11.6. The van der Waals surface area contributed by atoms with Crippen LogP contribution < -0.4 is 0 Å². The molecule has 0 amide bonds. The molecule has 1 aliphatic carbocycles. The average Bonchev–Trinajstić information content (AvgIpc) is 2.20. The second kappa shape index (κ2) is 3.09. The topological polar surface area (TPSA) is 17.1 Å². The van der Waals surface area contributed by atoms with Crippen LogP contribution >= 0.6 is 0 Å². The molecule has 0 saturated heterocycles. The van der Waals surface area contributed by atoms with Crippen LogP contribution in [0.3, 0.4) is 0 Å². The van der Waals surface area contributed by atoms with Gasteiger partial charge in [0.2, 0.25) is 0 Å². The molecule has 0 bridgehead atoms. The summed E-state index contributed by atoms with van der Waals surface area (Å²) in [7, 11) is 0. The molecule has 0 spiro atoms. The van der Waals surface area contributed by atoms with Gasteiger partial charge >= 0.3 is 0 Å². The summed E-state index contributed by atoms with van der Waals surface area (Å²) in [6, 6.07) is 8.17. The zero-order valence-electron chi connectivity index (χ0n) is 8.42. The first-order valence-corrected chi connectivity index (χ1v) is 4.93. The smallest absolute Gasteiger partial charge is 0.147 e. The molecule has 14 heavy (non-hydrogen) atoms. The molecule has 0 unspecified atom stereocenters. The normalized spacial score (nSPS) is 25.6. The van der Waals surface area contributed by atoms with Crippen LogP contribution in [0, 0.1) is 6.92 Å². The maximum Gasteiger partial charge on any atom is 0.147 e. The Morgan fingerprint density at radius 2 is 2.00 bits per heavy atom. The fourth-order valence-electron chi connectivity index (χ4n) is 1.99. The van der Waals surface area contributed by atoms with Crippen molar-refractivity contribution < 1.29 is 4.79 Å². The second-order valence-corrected chi connectivity index (χ2v) is 3.96. The van der Waals surface area contributed by atoms with Crippen LogP contribution in [0.1, 0.15) is 24.0 Å². The van der Waals surface area contributed by atoms with Gasteiger partial charge < -0.3 is 0 Å². The lowest BCUT2D eigenvalue weighted by atomic mass is 9.63. The average molecular weight is 186 g/mol. The molecule has 1 heteroatoms. The fraction of sp³-hybridized carbons (Fsp3) is 0.308. The minimum atomic E-state index is -0.367. The Hall–Kier alpha value is -1.37. The first-order valence-electron chi connectivity index (χ1n) is 4.93. The molecule has 1 aromatic carbocycles. The van der Waals surface area contributed by atoms with Crippen molar-refractivity contribution in [2.24, 2.45) is 0 Å². The number of allylic oxidation sites excluding steroid dienone is 1. The molecular formula is C13H14O. The molecule has 1 aliphatic rings. The highest BCUT2D eigenvalue weighted by atomic mass is 16.1. The third kappa shape index (κ3) is 1.12. The lowest BCUT2D eigenvalue weighted by Gasteiger charge is -2.37. The van der Waals surface area contributed by atoms with Crippen molar-refractivity contribution in [3.05, 3.63) is 48.0 Å². The first kappa shape index (κ1) is 9.20. The Labute approximate surface area is 84.5 Å². The largest absolute Gasteiger partial charge is 0.298 e. The molecule has 0 heterocycles. The molecule has 0 aromatic heterocycles. The minimum absolute atomic E-state index is 0.302. The van der Waals surface area contributed by atoms with E-state index < -0.39 is 0 Å². The van der Waals surface area contributed by atoms with E-state index in [1.807, 2.05) is 31.2 Å². The van der Waals surface area contributed by atoms with Gasteiger partial charge in [-0.25, -0.2) is 0 Å². The number of ketones is 1. The molecule has 2 rings (SSSR count). The summed E-state index contributed by atoms with van der Waals surface area (Å²) in [5.41, 5.74) is 1.95. The van der Waals surface area contributed by atoms with Crippen LogP contribution in [0.5, 0.6) is 0 Å². The summed E-state index contributed by atoms with van der Waals surface area (Å²) in [5.74, 6) is 0.302. The summed E-state index contributed by atoms with van der Waals surface area (Å²) in [5, 5.41) is 0. The predicted octanol–water partition coefficient (Wildman–Crippen LogP) is 2.78. The van der Waals surface area contributed by atoms with Crippen LogP contribution in [0.25, 0.3) is 0 Å². The Balaban J connectivity index is 2.42. The number of carbonyl (C=O) groups is 1. The number of hydrogen-bond acceptors (Lipinski definition) is 1. The van der Waals surface area contributed by atoms with E-state index in [2.05, 4.69) is 6.58 Å². The molecule has 0 N–H and O–H groups in total. The SMILES string of the molecule is C=C[C@@]1(c2ccc(C)cc2)CCC1=O. The summed E-state index contributed by atoms with van der Waals surface area (Å²) in [4.78, 5) is 11.6. The van der Waals surface area contributed by atoms with Gasteiger partial charge in [-0.3, -0.25) is 4.79 Å². The first-order chi connectivity index (χ1) is 6.69. The highest BCUT2D eigenvalue weighted by molar-refractivity contribution is 5.97. The van der Waals surface area contributed by atoms with Crippen LogP contribution in [0.4, 0.5) is 0 Å². The van der Waals surface area contributed by atoms with Gasteiger partial charge in [-0.1, -0.05) is 35.9 Å². The van der Waals surface area contributed by atoms with Gasteiger partial charge in [0.1, 0.15) is 5.78 Å². The lowest BCUT2D eigenvalue weighted by Crippen LogP contribution is -2.42. The van der Waals surface area contributed by atoms with E-state index >= 15 is 0 Å². The Morgan fingerprint density at radius 1 is 1.36 bits per heavy atom. The van der Waals surface area contributed by atoms with Crippen molar-refractivity contribution >= 4 is 5.78 Å². The monoisotopic (exact) mass is 186 g/mol. The third-order valence-electron chi connectivity index (χ3n) is 3.16. The molecular weight excluding hydrogens is 172 g/mol. The van der Waals surface area contributed by atoms with E-state index in [0.717, 1.165) is 12.0 Å². The Bertz CT molecular complexity index is 375. The molecule has 1 aromatic rings. The van der Waals surface area contributed by atoms with E-state index in [1.165, 1.54) is 5.56 Å². The van der Waals surface area contributed by atoms with Crippen LogP contribution in [0.15, 0.2) is 36.9 Å². The van der Waals surface area contributed by atoms with E-state index in [4.69, 9.17) is 0 Å². The summed E-state index contributed by atoms with van der Waals surface area (Å²) >= 11 is 0. The number of rotatable bonds is 2. The zero-order chi connectivity index (χ0) is 10.2. The van der Waals surface area contributed by atoms with Crippen LogP contribution in [-0.2, 0) is 10.2 Å². The second-order valence-electron chi connectivity index (χ2n) is 3.96. The quantitative estimate of drug-likeness (QED) is 0.649. The van der Waals surface area contributed by atoms with Gasteiger partial charge in [0.25, 0.3) is 0 Å². The maximum absolute atomic E-state index is 11.6. The molecule has 1 nitrogen and oxygen atoms in total. The van der Waals surface area contributed by atoms with Crippen molar-refractivity contribution in [1.29, 1.82) is 0 Å². The number of benzene rings is 1. The number of hydrogen-bond donors (Lipinski definition) is 0. The summed E-state index contributed by atoms with van der Waals surface area (Å²) in [6.45, 7) is 5.83. The van der Waals surface area contributed by atoms with Crippen LogP contribution in [0.2, 0.25) is 0 Å². The summed E-state index contributed by atoms with van der Waals surface area (Å²) in [6.07, 6.45) is 3.40. The van der Waals surface area contributed by atoms with Crippen molar-refractivity contribution in [1.82, 2.24) is 0 Å². The van der Waals surface area contributed by atoms with E-state index in [-0.39, 0.29) is 5.41 Å². The van der Waals surface area contributed by atoms with Gasteiger partial charge in [-0.2, -0.15) is 0 Å². The molecule has 1 saturated carbocycles. The molecule has 1 fully saturated rings. The minimum Gasteiger partial charge on any atom is -0.298 e.